The predicted octanol–water partition coefficient (Wildman–Crippen LogP) is 5.23. The summed E-state index contributed by atoms with van der Waals surface area (Å²) in [6.45, 7) is 14.9. The molecule has 0 N–H and O–H groups in total. The average molecular weight is 321 g/mol. The van der Waals surface area contributed by atoms with Gasteiger partial charge in [-0.1, -0.05) is 58.0 Å². The van der Waals surface area contributed by atoms with Gasteiger partial charge in [-0.25, -0.2) is 0 Å². The molecule has 0 aliphatic heterocycles. The zero-order valence-corrected chi connectivity index (χ0v) is 16.3. The maximum atomic E-state index is 11.9. The van der Waals surface area contributed by atoms with Crippen molar-refractivity contribution in [1.82, 2.24) is 0 Å². The summed E-state index contributed by atoms with van der Waals surface area (Å²) < 4.78 is 6.57. The van der Waals surface area contributed by atoms with Crippen LogP contribution in [0.25, 0.3) is 0 Å². The highest BCUT2D eigenvalue weighted by molar-refractivity contribution is 6.74. The molecule has 0 radical (unpaired) electrons. The summed E-state index contributed by atoms with van der Waals surface area (Å²) in [6, 6.07) is 10.4. The van der Waals surface area contributed by atoms with E-state index in [2.05, 4.69) is 58.1 Å². The molecule has 0 bridgehead atoms. The third-order valence-electron chi connectivity index (χ3n) is 5.01. The van der Waals surface area contributed by atoms with E-state index in [-0.39, 0.29) is 22.8 Å². The number of aryl methyl sites for hydroxylation is 1. The number of ketones is 1. The van der Waals surface area contributed by atoms with Crippen molar-refractivity contribution in [3.05, 3.63) is 35.9 Å². The van der Waals surface area contributed by atoms with Crippen LogP contribution in [0, 0.1) is 5.92 Å². The van der Waals surface area contributed by atoms with Crippen LogP contribution in [0.5, 0.6) is 0 Å². The van der Waals surface area contributed by atoms with Crippen molar-refractivity contribution in [2.75, 3.05) is 0 Å². The quantitative estimate of drug-likeness (QED) is 0.643. The van der Waals surface area contributed by atoms with Crippen LogP contribution < -0.4 is 0 Å². The Balaban J connectivity index is 2.83. The minimum atomic E-state index is -1.87. The monoisotopic (exact) mass is 320 g/mol. The molecule has 3 heteroatoms. The van der Waals surface area contributed by atoms with Crippen LogP contribution >= 0.6 is 0 Å². The first-order valence-corrected chi connectivity index (χ1v) is 11.2. The van der Waals surface area contributed by atoms with Crippen LogP contribution in [0.4, 0.5) is 0 Å². The summed E-state index contributed by atoms with van der Waals surface area (Å²) in [5.41, 5.74) is 1.31. The molecular formula is C19H32O2Si. The van der Waals surface area contributed by atoms with E-state index in [0.29, 0.717) is 0 Å². The summed E-state index contributed by atoms with van der Waals surface area (Å²) in [7, 11) is -1.87. The average Bonchev–Trinajstić information content (AvgIpc) is 2.42. The molecule has 0 amide bonds. The highest BCUT2D eigenvalue weighted by atomic mass is 28.4. The zero-order valence-electron chi connectivity index (χ0n) is 15.3. The molecule has 0 aliphatic rings. The van der Waals surface area contributed by atoms with Crippen LogP contribution in [0.2, 0.25) is 18.1 Å². The second-order valence-corrected chi connectivity index (χ2v) is 12.6. The lowest BCUT2D eigenvalue weighted by atomic mass is 9.95. The van der Waals surface area contributed by atoms with Gasteiger partial charge in [0.25, 0.3) is 0 Å². The van der Waals surface area contributed by atoms with Crippen molar-refractivity contribution < 1.29 is 9.22 Å². The van der Waals surface area contributed by atoms with Gasteiger partial charge in [0, 0.05) is 5.92 Å². The molecule has 0 saturated heterocycles. The van der Waals surface area contributed by atoms with E-state index in [1.54, 1.807) is 6.92 Å². The first-order valence-electron chi connectivity index (χ1n) is 8.27. The van der Waals surface area contributed by atoms with E-state index in [9.17, 15) is 4.79 Å². The minimum Gasteiger partial charge on any atom is -0.413 e. The van der Waals surface area contributed by atoms with Crippen molar-refractivity contribution >= 4 is 14.1 Å². The third kappa shape index (κ3) is 5.36. The number of Topliss-reactive ketones (excluding diaryl/α,β-unsaturated/α-hetero) is 1. The molecule has 1 aromatic rings. The Morgan fingerprint density at radius 2 is 1.73 bits per heavy atom. The van der Waals surface area contributed by atoms with E-state index < -0.39 is 8.32 Å². The van der Waals surface area contributed by atoms with Crippen molar-refractivity contribution in [3.8, 4) is 0 Å². The molecule has 1 aromatic carbocycles. The molecule has 0 aliphatic carbocycles. The van der Waals surface area contributed by atoms with Crippen molar-refractivity contribution in [3.63, 3.8) is 0 Å². The lowest BCUT2D eigenvalue weighted by molar-refractivity contribution is -0.123. The van der Waals surface area contributed by atoms with Gasteiger partial charge in [0.1, 0.15) is 5.78 Å². The van der Waals surface area contributed by atoms with Gasteiger partial charge in [-0.2, -0.15) is 0 Å². The van der Waals surface area contributed by atoms with Crippen molar-refractivity contribution in [2.24, 2.45) is 5.92 Å². The molecule has 0 heterocycles. The molecule has 0 saturated carbocycles. The maximum absolute atomic E-state index is 11.9. The van der Waals surface area contributed by atoms with E-state index in [1.807, 2.05) is 13.0 Å². The van der Waals surface area contributed by atoms with E-state index in [1.165, 1.54) is 5.56 Å². The highest BCUT2D eigenvalue weighted by Crippen LogP contribution is 2.38. The van der Waals surface area contributed by atoms with Crippen LogP contribution in [-0.2, 0) is 15.6 Å². The second-order valence-electron chi connectivity index (χ2n) is 7.84. The normalized spacial score (nSPS) is 15.4. The molecule has 0 aromatic heterocycles. The molecule has 124 valence electrons. The molecular weight excluding hydrogens is 288 g/mol. The van der Waals surface area contributed by atoms with Crippen LogP contribution in [0.1, 0.15) is 46.6 Å². The number of carbonyl (C=O) groups excluding carboxylic acids is 1. The van der Waals surface area contributed by atoms with Gasteiger partial charge >= 0.3 is 0 Å². The number of benzene rings is 1. The number of carbonyl (C=O) groups is 1. The highest BCUT2D eigenvalue weighted by Gasteiger charge is 2.40. The van der Waals surface area contributed by atoms with E-state index >= 15 is 0 Å². The Kier molecular flexibility index (Phi) is 6.57. The molecule has 0 spiro atoms. The lowest BCUT2D eigenvalue weighted by Gasteiger charge is -2.40. The number of hydrogen-bond acceptors (Lipinski definition) is 2. The molecule has 0 fully saturated rings. The third-order valence-corrected chi connectivity index (χ3v) is 9.52. The number of rotatable bonds is 7. The van der Waals surface area contributed by atoms with Gasteiger partial charge in [-0.15, -0.1) is 0 Å². The molecule has 2 atom stereocenters. The molecule has 0 unspecified atom stereocenters. The van der Waals surface area contributed by atoms with Gasteiger partial charge in [-0.05, 0) is 43.5 Å². The summed E-state index contributed by atoms with van der Waals surface area (Å²) in [6.07, 6.45) is 1.87. The smallest absolute Gasteiger partial charge is 0.192 e. The summed E-state index contributed by atoms with van der Waals surface area (Å²) >= 11 is 0. The van der Waals surface area contributed by atoms with Gasteiger partial charge in [0.2, 0.25) is 0 Å². The summed E-state index contributed by atoms with van der Waals surface area (Å²) in [5, 5.41) is 0.161. The van der Waals surface area contributed by atoms with Crippen molar-refractivity contribution in [1.29, 1.82) is 0 Å². The Morgan fingerprint density at radius 3 is 2.18 bits per heavy atom. The Morgan fingerprint density at radius 1 is 1.18 bits per heavy atom. The lowest BCUT2D eigenvalue weighted by Crippen LogP contribution is -2.46. The summed E-state index contributed by atoms with van der Waals surface area (Å²) in [5.74, 6) is 0.176. The Hall–Kier alpha value is -0.933. The van der Waals surface area contributed by atoms with Crippen LogP contribution in [-0.4, -0.2) is 20.2 Å². The SMILES string of the molecule is CC(=O)[C@@H](C)[C@@H](CCc1ccccc1)O[Si](C)(C)C(C)(C)C. The number of hydrogen-bond donors (Lipinski definition) is 0. The maximum Gasteiger partial charge on any atom is 0.192 e. The molecule has 2 nitrogen and oxygen atoms in total. The topological polar surface area (TPSA) is 26.3 Å². The molecule has 1 rings (SSSR count). The van der Waals surface area contributed by atoms with Crippen LogP contribution in [0.3, 0.4) is 0 Å². The Labute approximate surface area is 137 Å². The first kappa shape index (κ1) is 19.1. The van der Waals surface area contributed by atoms with E-state index in [4.69, 9.17) is 4.43 Å². The standard InChI is InChI=1S/C19H32O2Si/c1-15(16(2)20)18(21-22(6,7)19(3,4)5)14-13-17-11-9-8-10-12-17/h8-12,15,18H,13-14H2,1-7H3/t15-,18-/m1/s1. The largest absolute Gasteiger partial charge is 0.413 e. The van der Waals surface area contributed by atoms with Gasteiger partial charge in [-0.3, -0.25) is 4.79 Å². The van der Waals surface area contributed by atoms with Gasteiger partial charge in [0.05, 0.1) is 6.10 Å². The van der Waals surface area contributed by atoms with E-state index in [0.717, 1.165) is 12.8 Å². The molecule has 22 heavy (non-hydrogen) atoms. The van der Waals surface area contributed by atoms with Gasteiger partial charge in [0.15, 0.2) is 8.32 Å². The fraction of sp³-hybridized carbons (Fsp3) is 0.632. The minimum absolute atomic E-state index is 0.0126. The van der Waals surface area contributed by atoms with Gasteiger partial charge < -0.3 is 4.43 Å². The van der Waals surface area contributed by atoms with Crippen molar-refractivity contribution in [2.45, 2.75) is 71.7 Å². The Bertz CT molecular complexity index is 474. The first-order chi connectivity index (χ1) is 10.0. The summed E-state index contributed by atoms with van der Waals surface area (Å²) in [4.78, 5) is 11.9. The fourth-order valence-corrected chi connectivity index (χ4v) is 3.61. The fourth-order valence-electron chi connectivity index (χ4n) is 2.18. The zero-order chi connectivity index (χ0) is 17.0. The van der Waals surface area contributed by atoms with Crippen LogP contribution in [0.15, 0.2) is 30.3 Å². The second kappa shape index (κ2) is 7.56. The predicted molar refractivity (Wildman–Crippen MR) is 96.7 cm³/mol.